The number of carbonyl (C=O) groups is 1. The van der Waals surface area contributed by atoms with Gasteiger partial charge in [0.2, 0.25) is 5.91 Å². The molecule has 0 unspecified atom stereocenters. The summed E-state index contributed by atoms with van der Waals surface area (Å²) in [4.78, 5) is 16.8. The second kappa shape index (κ2) is 6.53. The number of hydrogen-bond acceptors (Lipinski definition) is 3. The molecule has 2 aliphatic rings. The fourth-order valence-electron chi connectivity index (χ4n) is 3.27. The normalized spacial score (nSPS) is 24.2. The second-order valence-corrected chi connectivity index (χ2v) is 6.17. The monoisotopic (exact) mass is 300 g/mol. The van der Waals surface area contributed by atoms with E-state index in [-0.39, 0.29) is 5.92 Å². The zero-order valence-corrected chi connectivity index (χ0v) is 13.2. The van der Waals surface area contributed by atoms with Gasteiger partial charge in [-0.05, 0) is 17.9 Å². The van der Waals surface area contributed by atoms with E-state index in [9.17, 15) is 4.79 Å². The molecule has 1 saturated carbocycles. The van der Waals surface area contributed by atoms with Crippen LogP contribution in [0.3, 0.4) is 0 Å². The molecule has 2 atom stereocenters. The van der Waals surface area contributed by atoms with Crippen LogP contribution in [0.5, 0.6) is 0 Å². The Morgan fingerprint density at radius 3 is 2.45 bits per heavy atom. The van der Waals surface area contributed by atoms with Gasteiger partial charge < -0.3 is 14.5 Å². The predicted molar refractivity (Wildman–Crippen MR) is 86.5 cm³/mol. The summed E-state index contributed by atoms with van der Waals surface area (Å²) in [7, 11) is 1.68. The number of hydrogen-bond donors (Lipinski definition) is 0. The van der Waals surface area contributed by atoms with Crippen LogP contribution in [-0.2, 0) is 9.53 Å². The average molecular weight is 300 g/mol. The minimum Gasteiger partial charge on any atom is -0.379 e. The summed E-state index contributed by atoms with van der Waals surface area (Å²) in [6.07, 6.45) is 0.999. The average Bonchev–Trinajstić information content (AvgIpc) is 3.36. The molecule has 0 spiro atoms. The number of piperazine rings is 1. The van der Waals surface area contributed by atoms with Gasteiger partial charge in [0.05, 0.1) is 6.61 Å². The van der Waals surface area contributed by atoms with Gasteiger partial charge in [-0.3, -0.25) is 4.79 Å². The molecular weight excluding hydrogens is 276 g/mol. The van der Waals surface area contributed by atoms with E-state index in [4.69, 9.17) is 4.74 Å². The molecular formula is C18H24N2O2. The van der Waals surface area contributed by atoms with E-state index >= 15 is 0 Å². The van der Waals surface area contributed by atoms with Gasteiger partial charge in [-0.15, -0.1) is 0 Å². The zero-order valence-electron chi connectivity index (χ0n) is 13.2. The Bertz CT molecular complexity index is 535. The molecule has 1 aromatic carbocycles. The van der Waals surface area contributed by atoms with Crippen molar-refractivity contribution < 1.29 is 9.53 Å². The molecule has 1 amide bonds. The molecule has 1 heterocycles. The van der Waals surface area contributed by atoms with Gasteiger partial charge in [-0.25, -0.2) is 0 Å². The van der Waals surface area contributed by atoms with Gasteiger partial charge in [0.15, 0.2) is 0 Å². The minimum atomic E-state index is 0.191. The maximum absolute atomic E-state index is 12.6. The molecule has 0 N–H and O–H groups in total. The van der Waals surface area contributed by atoms with Gasteiger partial charge in [0, 0.05) is 44.9 Å². The van der Waals surface area contributed by atoms with Crippen LogP contribution in [0.15, 0.2) is 42.6 Å². The zero-order chi connectivity index (χ0) is 15.5. The Hall–Kier alpha value is -1.81. The number of amides is 1. The van der Waals surface area contributed by atoms with Crippen molar-refractivity contribution in [3.05, 3.63) is 48.2 Å². The summed E-state index contributed by atoms with van der Waals surface area (Å²) in [6, 6.07) is 10.4. The lowest BCUT2D eigenvalue weighted by atomic mass is 10.1. The van der Waals surface area contributed by atoms with E-state index in [1.165, 1.54) is 5.56 Å². The molecule has 0 bridgehead atoms. The first-order chi connectivity index (χ1) is 10.7. The molecule has 3 rings (SSSR count). The highest BCUT2D eigenvalue weighted by Crippen LogP contribution is 2.48. The van der Waals surface area contributed by atoms with Crippen molar-refractivity contribution in [2.24, 2.45) is 5.92 Å². The summed E-state index contributed by atoms with van der Waals surface area (Å²) in [6.45, 7) is 7.89. The van der Waals surface area contributed by atoms with Crippen LogP contribution >= 0.6 is 0 Å². The predicted octanol–water partition coefficient (Wildman–Crippen LogP) is 2.09. The fourth-order valence-corrected chi connectivity index (χ4v) is 3.27. The smallest absolute Gasteiger partial charge is 0.226 e. The maximum Gasteiger partial charge on any atom is 0.226 e. The molecule has 4 nitrogen and oxygen atoms in total. The Morgan fingerprint density at radius 1 is 1.18 bits per heavy atom. The van der Waals surface area contributed by atoms with E-state index < -0.39 is 0 Å². The molecule has 22 heavy (non-hydrogen) atoms. The summed E-state index contributed by atoms with van der Waals surface area (Å²) in [5.41, 5.74) is 2.30. The van der Waals surface area contributed by atoms with Crippen molar-refractivity contribution in [2.75, 3.05) is 39.9 Å². The SMILES string of the molecule is C=C(COC)N1CCN(C(=O)[C@@H]2C[C@H]2c2ccccc2)CC1. The molecule has 1 saturated heterocycles. The van der Waals surface area contributed by atoms with Crippen molar-refractivity contribution in [3.8, 4) is 0 Å². The molecule has 1 aliphatic heterocycles. The van der Waals surface area contributed by atoms with Crippen LogP contribution in [0.1, 0.15) is 17.9 Å². The van der Waals surface area contributed by atoms with Crippen molar-refractivity contribution in [1.82, 2.24) is 9.80 Å². The van der Waals surface area contributed by atoms with Crippen LogP contribution in [0.25, 0.3) is 0 Å². The van der Waals surface area contributed by atoms with Crippen molar-refractivity contribution in [1.29, 1.82) is 0 Å². The lowest BCUT2D eigenvalue weighted by Gasteiger charge is -2.37. The molecule has 0 aromatic heterocycles. The molecule has 1 aromatic rings. The van der Waals surface area contributed by atoms with Gasteiger partial charge in [-0.2, -0.15) is 0 Å². The van der Waals surface area contributed by atoms with E-state index in [1.807, 2.05) is 11.0 Å². The van der Waals surface area contributed by atoms with E-state index in [0.717, 1.165) is 38.3 Å². The fraction of sp³-hybridized carbons (Fsp3) is 0.500. The van der Waals surface area contributed by atoms with E-state index in [2.05, 4.69) is 35.7 Å². The van der Waals surface area contributed by atoms with Crippen molar-refractivity contribution >= 4 is 5.91 Å². The minimum absolute atomic E-state index is 0.191. The third-order valence-corrected chi connectivity index (χ3v) is 4.68. The van der Waals surface area contributed by atoms with Crippen molar-refractivity contribution in [2.45, 2.75) is 12.3 Å². The Labute approximate surface area is 132 Å². The summed E-state index contributed by atoms with van der Waals surface area (Å²) >= 11 is 0. The number of carbonyl (C=O) groups excluding carboxylic acids is 1. The van der Waals surface area contributed by atoms with E-state index in [0.29, 0.717) is 18.4 Å². The molecule has 4 heteroatoms. The van der Waals surface area contributed by atoms with Crippen LogP contribution in [-0.4, -0.2) is 55.6 Å². The highest BCUT2D eigenvalue weighted by atomic mass is 16.5. The maximum atomic E-state index is 12.6. The topological polar surface area (TPSA) is 32.8 Å². The van der Waals surface area contributed by atoms with Gasteiger partial charge in [0.25, 0.3) is 0 Å². The highest BCUT2D eigenvalue weighted by molar-refractivity contribution is 5.83. The van der Waals surface area contributed by atoms with Gasteiger partial charge >= 0.3 is 0 Å². The number of ether oxygens (including phenoxy) is 1. The second-order valence-electron chi connectivity index (χ2n) is 6.17. The lowest BCUT2D eigenvalue weighted by Crippen LogP contribution is -2.49. The van der Waals surface area contributed by atoms with Crippen LogP contribution < -0.4 is 0 Å². The lowest BCUT2D eigenvalue weighted by molar-refractivity contribution is -0.134. The van der Waals surface area contributed by atoms with Crippen molar-refractivity contribution in [3.63, 3.8) is 0 Å². The molecule has 0 radical (unpaired) electrons. The third kappa shape index (κ3) is 3.17. The first-order valence-electron chi connectivity index (χ1n) is 7.96. The van der Waals surface area contributed by atoms with Crippen LogP contribution in [0.4, 0.5) is 0 Å². The number of rotatable bonds is 5. The summed E-state index contributed by atoms with van der Waals surface area (Å²) in [5.74, 6) is 0.942. The highest BCUT2D eigenvalue weighted by Gasteiger charge is 2.45. The summed E-state index contributed by atoms with van der Waals surface area (Å²) < 4.78 is 5.12. The Morgan fingerprint density at radius 2 is 1.82 bits per heavy atom. The third-order valence-electron chi connectivity index (χ3n) is 4.68. The number of benzene rings is 1. The Balaban J connectivity index is 1.50. The van der Waals surface area contributed by atoms with Gasteiger partial charge in [0.1, 0.15) is 0 Å². The number of methoxy groups -OCH3 is 1. The molecule has 1 aliphatic carbocycles. The van der Waals surface area contributed by atoms with Crippen LogP contribution in [0.2, 0.25) is 0 Å². The van der Waals surface area contributed by atoms with Gasteiger partial charge in [-0.1, -0.05) is 36.9 Å². The quantitative estimate of drug-likeness (QED) is 0.835. The number of nitrogens with zero attached hydrogens (tertiary/aromatic N) is 2. The molecule has 2 fully saturated rings. The van der Waals surface area contributed by atoms with E-state index in [1.54, 1.807) is 7.11 Å². The Kier molecular flexibility index (Phi) is 4.48. The standard InChI is InChI=1S/C18H24N2O2/c1-14(13-22-2)19-8-10-20(11-9-19)18(21)17-12-16(17)15-6-4-3-5-7-15/h3-7,16-17H,1,8-13H2,2H3/t16-,17+/m0/s1. The van der Waals surface area contributed by atoms with Crippen LogP contribution in [0, 0.1) is 5.92 Å². The summed E-state index contributed by atoms with van der Waals surface area (Å²) in [5, 5.41) is 0. The first-order valence-corrected chi connectivity index (χ1v) is 7.96. The largest absolute Gasteiger partial charge is 0.379 e. The first kappa shape index (κ1) is 15.1. The molecule has 118 valence electrons.